The number of hydrogen-bond acceptors (Lipinski definition) is 5. The zero-order valence-electron chi connectivity index (χ0n) is 21.4. The molecule has 0 unspecified atom stereocenters. The van der Waals surface area contributed by atoms with E-state index in [1.54, 1.807) is 67.8 Å². The lowest BCUT2D eigenvalue weighted by atomic mass is 10.00. The van der Waals surface area contributed by atoms with Crippen LogP contribution in [0.15, 0.2) is 72.8 Å². The van der Waals surface area contributed by atoms with Gasteiger partial charge < -0.3 is 20.1 Å². The zero-order valence-corrected chi connectivity index (χ0v) is 21.4. The molecule has 2 atom stereocenters. The van der Waals surface area contributed by atoms with Crippen LogP contribution in [0.2, 0.25) is 0 Å². The molecule has 4 rings (SSSR count). The van der Waals surface area contributed by atoms with Gasteiger partial charge in [-0.1, -0.05) is 38.1 Å². The van der Waals surface area contributed by atoms with Gasteiger partial charge in [0.2, 0.25) is 5.91 Å². The third-order valence-electron chi connectivity index (χ3n) is 6.15. The third kappa shape index (κ3) is 6.29. The average Bonchev–Trinajstić information content (AvgIpc) is 3.24. The molecule has 3 amide bonds. The minimum Gasteiger partial charge on any atom is -0.497 e. The number of ether oxygens (including phenoxy) is 2. The molecule has 0 aliphatic carbocycles. The number of amides is 3. The lowest BCUT2D eigenvalue weighted by Crippen LogP contribution is -2.47. The number of halogens is 1. The monoisotopic (exact) mass is 519 g/mol. The van der Waals surface area contributed by atoms with Crippen LogP contribution in [0.4, 0.5) is 14.9 Å². The fourth-order valence-electron chi connectivity index (χ4n) is 4.11. The normalized spacial score (nSPS) is 16.8. The van der Waals surface area contributed by atoms with Crippen molar-refractivity contribution >= 4 is 23.6 Å². The summed E-state index contributed by atoms with van der Waals surface area (Å²) in [5, 5.41) is 5.72. The Labute approximate surface area is 220 Å². The molecule has 198 valence electrons. The molecule has 1 saturated heterocycles. The van der Waals surface area contributed by atoms with Gasteiger partial charge in [0.05, 0.1) is 13.7 Å². The molecule has 0 bridgehead atoms. The smallest absolute Gasteiger partial charge is 0.411 e. The summed E-state index contributed by atoms with van der Waals surface area (Å²) in [7, 11) is 1.55. The average molecular weight is 520 g/mol. The molecule has 1 aliphatic heterocycles. The Kier molecular flexibility index (Phi) is 8.25. The highest BCUT2D eigenvalue weighted by molar-refractivity contribution is 6.04. The Balaban J connectivity index is 1.52. The molecule has 0 aromatic heterocycles. The first kappa shape index (κ1) is 26.7. The highest BCUT2D eigenvalue weighted by Crippen LogP contribution is 2.34. The topological polar surface area (TPSA) is 97.0 Å². The third-order valence-corrected chi connectivity index (χ3v) is 6.15. The molecule has 0 spiro atoms. The Bertz CT molecular complexity index is 1280. The van der Waals surface area contributed by atoms with Gasteiger partial charge in [-0.2, -0.15) is 0 Å². The molecule has 1 heterocycles. The first-order chi connectivity index (χ1) is 18.2. The van der Waals surface area contributed by atoms with Crippen LogP contribution in [-0.4, -0.2) is 42.5 Å². The van der Waals surface area contributed by atoms with Crippen molar-refractivity contribution in [2.45, 2.75) is 32.5 Å². The lowest BCUT2D eigenvalue weighted by molar-refractivity contribution is -0.126. The maximum absolute atomic E-state index is 13.4. The van der Waals surface area contributed by atoms with Crippen LogP contribution in [0.3, 0.4) is 0 Å². The largest absolute Gasteiger partial charge is 0.497 e. The Morgan fingerprint density at radius 2 is 1.66 bits per heavy atom. The summed E-state index contributed by atoms with van der Waals surface area (Å²) in [5.41, 5.74) is 2.29. The Morgan fingerprint density at radius 1 is 1.00 bits per heavy atom. The molecule has 3 aromatic rings. The van der Waals surface area contributed by atoms with E-state index in [9.17, 15) is 18.8 Å². The van der Waals surface area contributed by atoms with E-state index in [0.29, 0.717) is 34.7 Å². The standard InChI is InChI=1S/C29H30FN3O5/c1-18(2)16-31-28(35)25-26(38-29(36)33(25)17-19-4-10-22(30)11-5-19)20-6-12-23(13-7-20)32-27(34)21-8-14-24(37-3)15-9-21/h4-15,18,25-26H,16-17H2,1-3H3,(H,31,35)(H,32,34)/t25-,26-/m1/s1. The predicted octanol–water partition coefficient (Wildman–Crippen LogP) is 4.92. The summed E-state index contributed by atoms with van der Waals surface area (Å²) < 4.78 is 24.2. The van der Waals surface area contributed by atoms with E-state index >= 15 is 0 Å². The molecule has 1 fully saturated rings. The van der Waals surface area contributed by atoms with Crippen molar-refractivity contribution < 1.29 is 28.2 Å². The number of carbonyl (C=O) groups is 3. The van der Waals surface area contributed by atoms with Gasteiger partial charge in [0.1, 0.15) is 11.6 Å². The van der Waals surface area contributed by atoms with Gasteiger partial charge in [0, 0.05) is 17.8 Å². The van der Waals surface area contributed by atoms with Crippen LogP contribution >= 0.6 is 0 Å². The van der Waals surface area contributed by atoms with Crippen molar-refractivity contribution in [3.63, 3.8) is 0 Å². The van der Waals surface area contributed by atoms with Crippen molar-refractivity contribution in [2.24, 2.45) is 5.92 Å². The van der Waals surface area contributed by atoms with Crippen LogP contribution in [0, 0.1) is 11.7 Å². The number of nitrogens with one attached hydrogen (secondary N) is 2. The van der Waals surface area contributed by atoms with Crippen LogP contribution < -0.4 is 15.4 Å². The van der Waals surface area contributed by atoms with Gasteiger partial charge in [-0.3, -0.25) is 14.5 Å². The predicted molar refractivity (Wildman–Crippen MR) is 140 cm³/mol. The lowest BCUT2D eigenvalue weighted by Gasteiger charge is -2.24. The van der Waals surface area contributed by atoms with Crippen molar-refractivity contribution in [1.82, 2.24) is 10.2 Å². The maximum Gasteiger partial charge on any atom is 0.411 e. The molecule has 1 aliphatic rings. The second kappa shape index (κ2) is 11.8. The highest BCUT2D eigenvalue weighted by Gasteiger charge is 2.46. The second-order valence-corrected chi connectivity index (χ2v) is 9.45. The molecular weight excluding hydrogens is 489 g/mol. The molecule has 0 saturated carbocycles. The fraction of sp³-hybridized carbons (Fsp3) is 0.276. The number of anilines is 1. The minimum absolute atomic E-state index is 0.0887. The van der Waals surface area contributed by atoms with Gasteiger partial charge in [-0.25, -0.2) is 9.18 Å². The number of methoxy groups -OCH3 is 1. The molecule has 38 heavy (non-hydrogen) atoms. The van der Waals surface area contributed by atoms with E-state index in [1.165, 1.54) is 17.0 Å². The molecule has 3 aromatic carbocycles. The molecule has 0 radical (unpaired) electrons. The van der Waals surface area contributed by atoms with E-state index < -0.39 is 18.2 Å². The SMILES string of the molecule is COc1ccc(C(=O)Nc2ccc([C@H]3OC(=O)N(Cc4ccc(F)cc4)[C@H]3C(=O)NCC(C)C)cc2)cc1. The number of cyclic esters (lactones) is 1. The van der Waals surface area contributed by atoms with E-state index in [0.717, 1.165) is 0 Å². The van der Waals surface area contributed by atoms with Gasteiger partial charge in [-0.15, -0.1) is 0 Å². The summed E-state index contributed by atoms with van der Waals surface area (Å²) in [6, 6.07) is 18.4. The fourth-order valence-corrected chi connectivity index (χ4v) is 4.11. The highest BCUT2D eigenvalue weighted by atomic mass is 19.1. The van der Waals surface area contributed by atoms with Crippen LogP contribution in [-0.2, 0) is 16.1 Å². The summed E-state index contributed by atoms with van der Waals surface area (Å²) in [6.45, 7) is 4.48. The number of carbonyl (C=O) groups excluding carboxylic acids is 3. The molecule has 9 heteroatoms. The van der Waals surface area contributed by atoms with E-state index in [2.05, 4.69) is 10.6 Å². The molecule has 8 nitrogen and oxygen atoms in total. The second-order valence-electron chi connectivity index (χ2n) is 9.45. The number of hydrogen-bond donors (Lipinski definition) is 2. The Morgan fingerprint density at radius 3 is 2.26 bits per heavy atom. The van der Waals surface area contributed by atoms with Gasteiger partial charge in [0.25, 0.3) is 5.91 Å². The molecular formula is C29H30FN3O5. The first-order valence-electron chi connectivity index (χ1n) is 12.3. The van der Waals surface area contributed by atoms with E-state index in [1.807, 2.05) is 13.8 Å². The number of rotatable bonds is 9. The van der Waals surface area contributed by atoms with Crippen LogP contribution in [0.5, 0.6) is 5.75 Å². The minimum atomic E-state index is -0.925. The first-order valence-corrected chi connectivity index (χ1v) is 12.3. The van der Waals surface area contributed by atoms with E-state index in [4.69, 9.17) is 9.47 Å². The van der Waals surface area contributed by atoms with Crippen molar-refractivity contribution in [3.05, 3.63) is 95.3 Å². The maximum atomic E-state index is 13.4. The zero-order chi connectivity index (χ0) is 27.2. The van der Waals surface area contributed by atoms with Crippen LogP contribution in [0.1, 0.15) is 41.4 Å². The molecule has 2 N–H and O–H groups in total. The van der Waals surface area contributed by atoms with Gasteiger partial charge >= 0.3 is 6.09 Å². The van der Waals surface area contributed by atoms with E-state index in [-0.39, 0.29) is 30.1 Å². The van der Waals surface area contributed by atoms with Gasteiger partial charge in [-0.05, 0) is 65.6 Å². The van der Waals surface area contributed by atoms with Crippen LogP contribution in [0.25, 0.3) is 0 Å². The van der Waals surface area contributed by atoms with Crippen molar-refractivity contribution in [2.75, 3.05) is 19.0 Å². The number of nitrogens with zero attached hydrogens (tertiary/aromatic N) is 1. The Hall–Kier alpha value is -4.40. The summed E-state index contributed by atoms with van der Waals surface area (Å²) >= 11 is 0. The van der Waals surface area contributed by atoms with Crippen molar-refractivity contribution in [1.29, 1.82) is 0 Å². The summed E-state index contributed by atoms with van der Waals surface area (Å²) in [5.74, 6) is -0.147. The summed E-state index contributed by atoms with van der Waals surface area (Å²) in [4.78, 5) is 40.1. The van der Waals surface area contributed by atoms with Crippen molar-refractivity contribution in [3.8, 4) is 5.75 Å². The quantitative estimate of drug-likeness (QED) is 0.418. The number of benzene rings is 3. The van der Waals surface area contributed by atoms with Gasteiger partial charge in [0.15, 0.2) is 12.1 Å². The summed E-state index contributed by atoms with van der Waals surface area (Å²) in [6.07, 6.45) is -1.50.